The van der Waals surface area contributed by atoms with Crippen LogP contribution in [0.5, 0.6) is 11.5 Å². The van der Waals surface area contributed by atoms with Gasteiger partial charge in [0.15, 0.2) is 21.4 Å². The highest BCUT2D eigenvalue weighted by molar-refractivity contribution is 7.89. The topological polar surface area (TPSA) is 130 Å². The minimum Gasteiger partial charge on any atom is -0.497 e. The number of hydrogen-bond acceptors (Lipinski definition) is 10. The maximum atomic E-state index is 15.7. The van der Waals surface area contributed by atoms with Gasteiger partial charge in [-0.3, -0.25) is 8.57 Å². The van der Waals surface area contributed by atoms with Crippen molar-refractivity contribution in [3.05, 3.63) is 59.7 Å². The summed E-state index contributed by atoms with van der Waals surface area (Å²) in [5, 5.41) is 1.85. The normalized spacial score (nSPS) is 16.0. The Balaban J connectivity index is 2.50. The number of rotatable bonds is 13. The molecule has 10 nitrogen and oxygen atoms in total. The number of benzene rings is 2. The summed E-state index contributed by atoms with van der Waals surface area (Å²) < 4.78 is 178. The quantitative estimate of drug-likeness (QED) is 0.145. The summed E-state index contributed by atoms with van der Waals surface area (Å²) >= 11 is 0. The molecule has 0 saturated carbocycles. The number of nitrogens with zero attached hydrogens (tertiary/aromatic N) is 2. The van der Waals surface area contributed by atoms with Crippen molar-refractivity contribution < 1.29 is 70.0 Å². The molecule has 0 N–H and O–H groups in total. The summed E-state index contributed by atoms with van der Waals surface area (Å²) in [5.41, 5.74) is -5.40. The summed E-state index contributed by atoms with van der Waals surface area (Å²) in [5.74, 6) is -4.76. The van der Waals surface area contributed by atoms with Crippen LogP contribution in [0.1, 0.15) is 38.3 Å². The van der Waals surface area contributed by atoms with E-state index in [-0.39, 0.29) is 25.3 Å². The second-order valence-electron chi connectivity index (χ2n) is 9.28. The first-order valence-corrected chi connectivity index (χ1v) is 15.2. The maximum absolute atomic E-state index is 15.7. The first kappa shape index (κ1) is 37.5. The molecule has 0 aliphatic rings. The summed E-state index contributed by atoms with van der Waals surface area (Å²) in [4.78, 5) is 0. The number of oxime groups is 2. The monoisotopic (exact) mass is 698 g/mol. The molecule has 45 heavy (non-hydrogen) atoms. The zero-order valence-electron chi connectivity index (χ0n) is 23.9. The fraction of sp³-hybridized carbons (Fsp3) is 0.440. The van der Waals surface area contributed by atoms with E-state index in [1.807, 2.05) is 0 Å². The SMILES string of the molecule is CCC(C)(C(F)(F)C(C)S(=O)(=O)O/N=C(/c1ccc(OC)cc1)C(F)(F)F)S(=O)(=O)O/N=C(/c1ccc(OC)cc1)C(F)(F)F. The van der Waals surface area contributed by atoms with Gasteiger partial charge >= 0.3 is 32.6 Å². The lowest BCUT2D eigenvalue weighted by atomic mass is 9.97. The Morgan fingerprint density at radius 2 is 1.07 bits per heavy atom. The van der Waals surface area contributed by atoms with Crippen molar-refractivity contribution in [2.24, 2.45) is 10.3 Å². The molecule has 252 valence electrons. The Morgan fingerprint density at radius 3 is 1.38 bits per heavy atom. The van der Waals surface area contributed by atoms with E-state index in [2.05, 4.69) is 18.9 Å². The van der Waals surface area contributed by atoms with E-state index in [1.165, 1.54) is 14.2 Å². The van der Waals surface area contributed by atoms with Crippen LogP contribution in [0.15, 0.2) is 58.8 Å². The van der Waals surface area contributed by atoms with Gasteiger partial charge < -0.3 is 9.47 Å². The van der Waals surface area contributed by atoms with Gasteiger partial charge in [0.2, 0.25) is 0 Å². The number of ether oxygens (including phenoxy) is 2. The molecule has 0 heterocycles. The molecule has 2 unspecified atom stereocenters. The molecule has 20 heteroatoms. The smallest absolute Gasteiger partial charge is 0.437 e. The van der Waals surface area contributed by atoms with E-state index in [1.54, 1.807) is 0 Å². The van der Waals surface area contributed by atoms with Crippen LogP contribution in [0.4, 0.5) is 35.1 Å². The molecular weight excluding hydrogens is 672 g/mol. The predicted molar refractivity (Wildman–Crippen MR) is 144 cm³/mol. The molecule has 0 spiro atoms. The summed E-state index contributed by atoms with van der Waals surface area (Å²) in [6, 6.07) is 7.51. The van der Waals surface area contributed by atoms with Crippen LogP contribution in [0, 0.1) is 0 Å². The molecule has 0 fully saturated rings. The number of alkyl halides is 8. The van der Waals surface area contributed by atoms with Gasteiger partial charge in [-0.15, -0.1) is 0 Å². The van der Waals surface area contributed by atoms with E-state index in [0.29, 0.717) is 0 Å². The van der Waals surface area contributed by atoms with Gasteiger partial charge in [0.05, 0.1) is 14.2 Å². The third-order valence-corrected chi connectivity index (χ3v) is 9.98. The minimum atomic E-state index is -5.93. The molecule has 2 atom stereocenters. The lowest BCUT2D eigenvalue weighted by Crippen LogP contribution is -2.59. The van der Waals surface area contributed by atoms with Crippen molar-refractivity contribution in [1.29, 1.82) is 0 Å². The lowest BCUT2D eigenvalue weighted by Gasteiger charge is -2.36. The molecule has 0 aliphatic carbocycles. The Morgan fingerprint density at radius 1 is 0.711 bits per heavy atom. The average Bonchev–Trinajstić information content (AvgIpc) is 2.95. The highest BCUT2D eigenvalue weighted by atomic mass is 32.2. The zero-order valence-corrected chi connectivity index (χ0v) is 25.5. The lowest BCUT2D eigenvalue weighted by molar-refractivity contribution is -0.0606. The zero-order chi connectivity index (χ0) is 34.6. The first-order valence-electron chi connectivity index (χ1n) is 12.3. The fourth-order valence-corrected chi connectivity index (χ4v) is 5.75. The second kappa shape index (κ2) is 13.4. The van der Waals surface area contributed by atoms with Gasteiger partial charge in [-0.25, -0.2) is 8.78 Å². The van der Waals surface area contributed by atoms with Gasteiger partial charge in [-0.1, -0.05) is 17.2 Å². The molecule has 0 radical (unpaired) electrons. The molecule has 2 rings (SSSR count). The molecule has 0 aromatic heterocycles. The average molecular weight is 699 g/mol. The largest absolute Gasteiger partial charge is 0.497 e. The van der Waals surface area contributed by atoms with Crippen LogP contribution >= 0.6 is 0 Å². The van der Waals surface area contributed by atoms with Crippen LogP contribution in [0.25, 0.3) is 0 Å². The highest BCUT2D eigenvalue weighted by Crippen LogP contribution is 2.44. The predicted octanol–water partition coefficient (Wildman–Crippen LogP) is 5.82. The highest BCUT2D eigenvalue weighted by Gasteiger charge is 2.66. The number of halogens is 8. The Kier molecular flexibility index (Phi) is 11.1. The Hall–Kier alpha value is -3.68. The van der Waals surface area contributed by atoms with Crippen LogP contribution in [0.2, 0.25) is 0 Å². The molecule has 0 bridgehead atoms. The van der Waals surface area contributed by atoms with E-state index in [0.717, 1.165) is 55.5 Å². The van der Waals surface area contributed by atoms with Crippen molar-refractivity contribution in [2.75, 3.05) is 14.2 Å². The minimum absolute atomic E-state index is 0.111. The van der Waals surface area contributed by atoms with Crippen LogP contribution in [-0.4, -0.2) is 70.8 Å². The summed E-state index contributed by atoms with van der Waals surface area (Å²) in [6.07, 6.45) is -11.9. The molecule has 2 aromatic carbocycles. The van der Waals surface area contributed by atoms with Crippen molar-refractivity contribution in [2.45, 2.75) is 55.5 Å². The third-order valence-electron chi connectivity index (χ3n) is 6.60. The molecular formula is C25H26F8N2O8S2. The van der Waals surface area contributed by atoms with E-state index < -0.39 is 77.5 Å². The van der Waals surface area contributed by atoms with E-state index >= 15 is 8.78 Å². The molecule has 0 aliphatic heterocycles. The number of hydrogen-bond donors (Lipinski definition) is 0. The van der Waals surface area contributed by atoms with Gasteiger partial charge in [0.1, 0.15) is 11.5 Å². The van der Waals surface area contributed by atoms with Crippen molar-refractivity contribution in [1.82, 2.24) is 0 Å². The van der Waals surface area contributed by atoms with Crippen molar-refractivity contribution in [3.8, 4) is 11.5 Å². The van der Waals surface area contributed by atoms with Gasteiger partial charge in [-0.05, 0) is 68.8 Å². The van der Waals surface area contributed by atoms with Crippen LogP contribution in [-0.2, 0) is 28.8 Å². The fourth-order valence-electron chi connectivity index (χ4n) is 3.55. The Labute approximate surface area is 252 Å². The number of methoxy groups -OCH3 is 2. The molecule has 2 aromatic rings. The van der Waals surface area contributed by atoms with Gasteiger partial charge in [-0.2, -0.15) is 43.2 Å². The van der Waals surface area contributed by atoms with Crippen molar-refractivity contribution >= 4 is 31.7 Å². The summed E-state index contributed by atoms with van der Waals surface area (Å²) in [6.45, 7) is 1.28. The van der Waals surface area contributed by atoms with Crippen LogP contribution < -0.4 is 9.47 Å². The standard InChI is InChI=1S/C25H26F8N2O8S2/c1-6-22(3,45(38,39)43-35-21(25(31,32)33)17-9-13-19(41-5)14-10-17)23(26,27)15(2)44(36,37)42-34-20(24(28,29)30)16-7-11-18(40-4)12-8-16/h7-15H,6H2,1-5H3/b34-20-,35-21-. The summed E-state index contributed by atoms with van der Waals surface area (Å²) in [7, 11) is -9.36. The third kappa shape index (κ3) is 8.13. The van der Waals surface area contributed by atoms with Crippen LogP contribution in [0.3, 0.4) is 0 Å². The van der Waals surface area contributed by atoms with Gasteiger partial charge in [0.25, 0.3) is 5.92 Å². The van der Waals surface area contributed by atoms with E-state index in [9.17, 15) is 43.2 Å². The first-order chi connectivity index (χ1) is 20.5. The van der Waals surface area contributed by atoms with Gasteiger partial charge in [0, 0.05) is 11.1 Å². The molecule has 0 amide bonds. The van der Waals surface area contributed by atoms with Crippen molar-refractivity contribution in [3.63, 3.8) is 0 Å². The molecule has 0 saturated heterocycles. The maximum Gasteiger partial charge on any atom is 0.437 e. The van der Waals surface area contributed by atoms with E-state index in [4.69, 9.17) is 9.47 Å². The Bertz CT molecular complexity index is 1610. The second-order valence-corrected chi connectivity index (χ2v) is 13.1.